The van der Waals surface area contributed by atoms with Crippen LogP contribution in [0.3, 0.4) is 0 Å². The van der Waals surface area contributed by atoms with Crippen molar-refractivity contribution in [1.82, 2.24) is 19.8 Å². The first kappa shape index (κ1) is 8.17. The van der Waals surface area contributed by atoms with E-state index in [0.29, 0.717) is 5.88 Å². The first-order valence-electron chi connectivity index (χ1n) is 4.67. The summed E-state index contributed by atoms with van der Waals surface area (Å²) in [6.07, 6.45) is 3.37. The van der Waals surface area contributed by atoms with Crippen molar-refractivity contribution in [2.24, 2.45) is 0 Å². The Morgan fingerprint density at radius 1 is 1.36 bits per heavy atom. The van der Waals surface area contributed by atoms with Gasteiger partial charge < -0.3 is 0 Å². The number of hydrogen-bond donors (Lipinski definition) is 0. The van der Waals surface area contributed by atoms with Crippen LogP contribution in [-0.2, 0) is 18.7 Å². The van der Waals surface area contributed by atoms with Gasteiger partial charge in [0.1, 0.15) is 0 Å². The van der Waals surface area contributed by atoms with Crippen LogP contribution in [0.25, 0.3) is 5.65 Å². The normalized spacial score (nSPS) is 14.9. The second kappa shape index (κ2) is 2.92. The minimum atomic E-state index is 0.354. The van der Waals surface area contributed by atoms with Crippen molar-refractivity contribution in [2.75, 3.05) is 0 Å². The number of hydrogen-bond acceptors (Lipinski definition) is 3. The summed E-state index contributed by atoms with van der Waals surface area (Å²) >= 11 is 5.73. The van der Waals surface area contributed by atoms with Crippen LogP contribution in [0.1, 0.15) is 23.5 Å². The molecule has 0 aliphatic heterocycles. The molecule has 2 heterocycles. The Morgan fingerprint density at radius 3 is 3.14 bits per heavy atom. The molecule has 14 heavy (non-hydrogen) atoms. The molecule has 1 aliphatic rings. The number of halogens is 1. The Bertz CT molecular complexity index is 491. The summed E-state index contributed by atoms with van der Waals surface area (Å²) in [5.41, 5.74) is 3.29. The lowest BCUT2D eigenvalue weighted by atomic mass is 10.2. The molecule has 1 aliphatic carbocycles. The van der Waals surface area contributed by atoms with Crippen LogP contribution in [-0.4, -0.2) is 19.8 Å². The lowest BCUT2D eigenvalue weighted by molar-refractivity contribution is 0.814. The highest BCUT2D eigenvalue weighted by Crippen LogP contribution is 2.20. The summed E-state index contributed by atoms with van der Waals surface area (Å²) in [4.78, 5) is 0. The zero-order valence-corrected chi connectivity index (χ0v) is 8.33. The average Bonchev–Trinajstić information content (AvgIpc) is 2.78. The molecule has 0 amide bonds. The van der Waals surface area contributed by atoms with Gasteiger partial charge >= 0.3 is 0 Å². The molecule has 0 N–H and O–H groups in total. The zero-order chi connectivity index (χ0) is 9.54. The summed E-state index contributed by atoms with van der Waals surface area (Å²) < 4.78 is 1.75. The number of fused-ring (bicyclic) bond motifs is 2. The predicted octanol–water partition coefficient (Wildman–Crippen LogP) is 1.35. The van der Waals surface area contributed by atoms with Crippen molar-refractivity contribution in [3.63, 3.8) is 0 Å². The van der Waals surface area contributed by atoms with E-state index in [0.717, 1.165) is 24.3 Å². The maximum Gasteiger partial charge on any atom is 0.178 e. The molecule has 2 aromatic rings. The molecule has 4 nitrogen and oxygen atoms in total. The predicted molar refractivity (Wildman–Crippen MR) is 52.4 cm³/mol. The van der Waals surface area contributed by atoms with Gasteiger partial charge in [-0.25, -0.2) is 0 Å². The number of rotatable bonds is 1. The van der Waals surface area contributed by atoms with E-state index in [9.17, 15) is 0 Å². The topological polar surface area (TPSA) is 43.1 Å². The van der Waals surface area contributed by atoms with Gasteiger partial charge in [-0.2, -0.15) is 9.61 Å². The minimum absolute atomic E-state index is 0.354. The van der Waals surface area contributed by atoms with Crippen LogP contribution in [0.4, 0.5) is 0 Å². The summed E-state index contributed by atoms with van der Waals surface area (Å²) in [7, 11) is 0. The fourth-order valence-corrected chi connectivity index (χ4v) is 2.07. The largest absolute Gasteiger partial charge is 0.196 e. The molecule has 0 bridgehead atoms. The van der Waals surface area contributed by atoms with Gasteiger partial charge in [-0.05, 0) is 30.9 Å². The van der Waals surface area contributed by atoms with Crippen molar-refractivity contribution < 1.29 is 0 Å². The average molecular weight is 209 g/mol. The van der Waals surface area contributed by atoms with Crippen LogP contribution < -0.4 is 0 Å². The third-order valence-corrected chi connectivity index (χ3v) is 2.84. The number of aromatic nitrogens is 4. The lowest BCUT2D eigenvalue weighted by Gasteiger charge is -1.99. The van der Waals surface area contributed by atoms with Gasteiger partial charge in [-0.1, -0.05) is 0 Å². The van der Waals surface area contributed by atoms with Gasteiger partial charge in [-0.3, -0.25) is 0 Å². The van der Waals surface area contributed by atoms with Crippen LogP contribution in [0.2, 0.25) is 0 Å². The Kier molecular flexibility index (Phi) is 1.70. The Labute approximate surface area is 85.9 Å². The molecule has 3 rings (SSSR count). The first-order chi connectivity index (χ1) is 6.88. The minimum Gasteiger partial charge on any atom is -0.196 e. The molecule has 0 radical (unpaired) electrons. The van der Waals surface area contributed by atoms with E-state index < -0.39 is 0 Å². The summed E-state index contributed by atoms with van der Waals surface area (Å²) in [5, 5.41) is 12.5. The molecule has 0 fully saturated rings. The second-order valence-electron chi connectivity index (χ2n) is 3.49. The van der Waals surface area contributed by atoms with E-state index in [4.69, 9.17) is 11.6 Å². The van der Waals surface area contributed by atoms with Gasteiger partial charge in [0, 0.05) is 0 Å². The van der Waals surface area contributed by atoms with Crippen LogP contribution in [0.15, 0.2) is 6.07 Å². The maximum absolute atomic E-state index is 5.73. The number of aryl methyl sites for hydroxylation is 2. The van der Waals surface area contributed by atoms with Crippen LogP contribution >= 0.6 is 11.6 Å². The molecule has 0 unspecified atom stereocenters. The molecule has 2 aromatic heterocycles. The van der Waals surface area contributed by atoms with E-state index in [1.54, 1.807) is 4.52 Å². The molecule has 0 saturated heterocycles. The van der Waals surface area contributed by atoms with Crippen molar-refractivity contribution >= 4 is 17.2 Å². The van der Waals surface area contributed by atoms with Crippen molar-refractivity contribution in [2.45, 2.75) is 25.1 Å². The van der Waals surface area contributed by atoms with Gasteiger partial charge in [0.15, 0.2) is 11.5 Å². The molecule has 0 aromatic carbocycles. The third kappa shape index (κ3) is 1.04. The molecular formula is C9H9ClN4. The van der Waals surface area contributed by atoms with Gasteiger partial charge in [0.2, 0.25) is 0 Å². The van der Waals surface area contributed by atoms with Crippen molar-refractivity contribution in [3.05, 3.63) is 23.1 Å². The molecule has 72 valence electrons. The fraction of sp³-hybridized carbons (Fsp3) is 0.444. The maximum atomic E-state index is 5.73. The second-order valence-corrected chi connectivity index (χ2v) is 3.76. The molecule has 0 atom stereocenters. The summed E-state index contributed by atoms with van der Waals surface area (Å²) in [6, 6.07) is 2.07. The molecule has 0 saturated carbocycles. The van der Waals surface area contributed by atoms with E-state index >= 15 is 0 Å². The van der Waals surface area contributed by atoms with E-state index in [1.165, 1.54) is 17.7 Å². The van der Waals surface area contributed by atoms with Gasteiger partial charge in [0.05, 0.1) is 11.6 Å². The quantitative estimate of drug-likeness (QED) is 0.665. The lowest BCUT2D eigenvalue weighted by Crippen LogP contribution is -2.00. The van der Waals surface area contributed by atoms with E-state index in [2.05, 4.69) is 21.4 Å². The monoisotopic (exact) mass is 208 g/mol. The molecule has 0 spiro atoms. The number of nitrogens with zero attached hydrogens (tertiary/aromatic N) is 4. The Hall–Kier alpha value is -1.16. The Morgan fingerprint density at radius 2 is 2.29 bits per heavy atom. The highest BCUT2D eigenvalue weighted by Gasteiger charge is 2.15. The third-order valence-electron chi connectivity index (χ3n) is 2.60. The van der Waals surface area contributed by atoms with Crippen molar-refractivity contribution in [1.29, 1.82) is 0 Å². The molecule has 5 heteroatoms. The van der Waals surface area contributed by atoms with Gasteiger partial charge in [-0.15, -0.1) is 21.8 Å². The zero-order valence-electron chi connectivity index (χ0n) is 7.57. The van der Waals surface area contributed by atoms with Crippen molar-refractivity contribution in [3.8, 4) is 0 Å². The first-order valence-corrected chi connectivity index (χ1v) is 5.21. The smallest absolute Gasteiger partial charge is 0.178 e. The fourth-order valence-electron chi connectivity index (χ4n) is 1.91. The highest BCUT2D eigenvalue weighted by molar-refractivity contribution is 6.16. The highest BCUT2D eigenvalue weighted by atomic mass is 35.5. The summed E-state index contributed by atoms with van der Waals surface area (Å²) in [5.74, 6) is 1.07. The molecular weight excluding hydrogens is 200 g/mol. The summed E-state index contributed by atoms with van der Waals surface area (Å²) in [6.45, 7) is 0. The van der Waals surface area contributed by atoms with Crippen LogP contribution in [0, 0.1) is 0 Å². The Balaban J connectivity index is 2.30. The standard InChI is InChI=1S/C9H9ClN4/c10-5-9-12-11-8-4-6-2-1-3-7(6)13-14(8)9/h4H,1-3,5H2. The van der Waals surface area contributed by atoms with Crippen LogP contribution in [0.5, 0.6) is 0 Å². The van der Waals surface area contributed by atoms with E-state index in [-0.39, 0.29) is 0 Å². The van der Waals surface area contributed by atoms with E-state index in [1.807, 2.05) is 0 Å². The SMILES string of the molecule is ClCc1nnc2cc3c(nn12)CCC3. The van der Waals surface area contributed by atoms with Gasteiger partial charge in [0.25, 0.3) is 0 Å². The number of alkyl halides is 1.